The first-order valence-corrected chi connectivity index (χ1v) is 3.88. The number of nitrogens with one attached hydrogen (secondary N) is 2. The van der Waals surface area contributed by atoms with Crippen LogP contribution in [0.1, 0.15) is 0 Å². The number of hydrazine groups is 1. The Morgan fingerprint density at radius 2 is 1.92 bits per heavy atom. The second kappa shape index (κ2) is 5.44. The molecule has 6 nitrogen and oxygen atoms in total. The van der Waals surface area contributed by atoms with Gasteiger partial charge in [0.1, 0.15) is 0 Å². The summed E-state index contributed by atoms with van der Waals surface area (Å²) in [6.45, 7) is 0.0228. The van der Waals surface area contributed by atoms with Gasteiger partial charge in [0, 0.05) is 14.1 Å². The van der Waals surface area contributed by atoms with Crippen LogP contribution >= 0.6 is 12.2 Å². The normalized spacial score (nSPS) is 9.46. The third-order valence-electron chi connectivity index (χ3n) is 0.955. The fourth-order valence-corrected chi connectivity index (χ4v) is 0.574. The van der Waals surface area contributed by atoms with Crippen LogP contribution in [0.5, 0.6) is 0 Å². The highest BCUT2D eigenvalue weighted by molar-refractivity contribution is 7.80. The first-order valence-electron chi connectivity index (χ1n) is 3.48. The molecule has 0 fully saturated rings. The fourth-order valence-electron chi connectivity index (χ4n) is 0.502. The number of carbonyl (C=O) groups excluding carboxylic acids is 2. The fraction of sp³-hybridized carbons (Fsp3) is 0.500. The van der Waals surface area contributed by atoms with Crippen molar-refractivity contribution in [2.75, 3.05) is 20.6 Å². The monoisotopic (exact) mass is 204 g/mol. The maximum absolute atomic E-state index is 10.9. The third kappa shape index (κ3) is 6.00. The summed E-state index contributed by atoms with van der Waals surface area (Å²) in [5.41, 5.74) is 7.38. The number of hydrogen-bond donors (Lipinski definition) is 3. The Balaban J connectivity index is 3.83. The van der Waals surface area contributed by atoms with Crippen molar-refractivity contribution in [3.63, 3.8) is 0 Å². The Kier molecular flexibility index (Phi) is 4.93. The lowest BCUT2D eigenvalue weighted by atomic mass is 10.5. The van der Waals surface area contributed by atoms with Crippen molar-refractivity contribution < 1.29 is 9.59 Å². The van der Waals surface area contributed by atoms with Gasteiger partial charge in [-0.3, -0.25) is 15.0 Å². The summed E-state index contributed by atoms with van der Waals surface area (Å²) in [5.74, 6) is -1.51. The van der Waals surface area contributed by atoms with Crippen molar-refractivity contribution in [3.05, 3.63) is 0 Å². The molecule has 0 aliphatic heterocycles. The molecule has 0 aromatic carbocycles. The zero-order chi connectivity index (χ0) is 10.4. The molecule has 0 atom stereocenters. The molecule has 7 heteroatoms. The molecule has 0 bridgehead atoms. The Labute approximate surface area is 81.4 Å². The molecule has 0 saturated heterocycles. The average Bonchev–Trinajstić information content (AvgIpc) is 1.98. The lowest BCUT2D eigenvalue weighted by molar-refractivity contribution is -0.141. The summed E-state index contributed by atoms with van der Waals surface area (Å²) in [5, 5.41) is 3.61. The minimum absolute atomic E-state index is 0.0228. The first kappa shape index (κ1) is 11.8. The van der Waals surface area contributed by atoms with Gasteiger partial charge >= 0.3 is 11.8 Å². The van der Waals surface area contributed by atoms with Gasteiger partial charge in [0.05, 0.1) is 11.5 Å². The molecule has 0 aliphatic carbocycles. The first-order chi connectivity index (χ1) is 5.93. The predicted octanol–water partition coefficient (Wildman–Crippen LogP) is -2.02. The molecule has 0 unspecified atom stereocenters. The summed E-state index contributed by atoms with van der Waals surface area (Å²) in [7, 11) is 3.19. The van der Waals surface area contributed by atoms with E-state index < -0.39 is 11.8 Å². The van der Waals surface area contributed by atoms with Crippen molar-refractivity contribution in [3.8, 4) is 0 Å². The van der Waals surface area contributed by atoms with E-state index >= 15 is 0 Å². The van der Waals surface area contributed by atoms with E-state index in [1.165, 1.54) is 5.01 Å². The highest BCUT2D eigenvalue weighted by Crippen LogP contribution is 1.71. The van der Waals surface area contributed by atoms with E-state index in [2.05, 4.69) is 23.0 Å². The molecule has 13 heavy (non-hydrogen) atoms. The average molecular weight is 204 g/mol. The zero-order valence-electron chi connectivity index (χ0n) is 7.46. The lowest BCUT2D eigenvalue weighted by Gasteiger charge is -2.10. The largest absolute Gasteiger partial charge is 0.392 e. The second-order valence-electron chi connectivity index (χ2n) is 2.48. The van der Waals surface area contributed by atoms with Crippen LogP contribution in [0.2, 0.25) is 0 Å². The van der Waals surface area contributed by atoms with Crippen molar-refractivity contribution >= 4 is 29.0 Å². The van der Waals surface area contributed by atoms with Gasteiger partial charge in [-0.1, -0.05) is 12.2 Å². The van der Waals surface area contributed by atoms with Crippen LogP contribution in [0.4, 0.5) is 0 Å². The van der Waals surface area contributed by atoms with E-state index in [0.717, 1.165) is 0 Å². The summed E-state index contributed by atoms with van der Waals surface area (Å²) in [6.07, 6.45) is 0. The van der Waals surface area contributed by atoms with Crippen molar-refractivity contribution in [1.82, 2.24) is 15.8 Å². The topological polar surface area (TPSA) is 87.5 Å². The lowest BCUT2D eigenvalue weighted by Crippen LogP contribution is -2.47. The molecule has 0 aromatic rings. The molecular weight excluding hydrogens is 192 g/mol. The number of nitrogens with zero attached hydrogens (tertiary/aromatic N) is 1. The molecule has 0 saturated carbocycles. The van der Waals surface area contributed by atoms with Gasteiger partial charge in [0.25, 0.3) is 0 Å². The number of rotatable bonds is 3. The summed E-state index contributed by atoms with van der Waals surface area (Å²) >= 11 is 4.51. The quantitative estimate of drug-likeness (QED) is 0.281. The molecule has 0 aliphatic rings. The molecule has 0 spiro atoms. The number of amides is 2. The SMILES string of the molecule is CN(C)NC(=O)C(=O)NCC(N)=S. The molecule has 2 amide bonds. The maximum Gasteiger partial charge on any atom is 0.323 e. The molecule has 0 radical (unpaired) electrons. The van der Waals surface area contributed by atoms with E-state index in [9.17, 15) is 9.59 Å². The van der Waals surface area contributed by atoms with E-state index in [4.69, 9.17) is 5.73 Å². The number of hydrogen-bond acceptors (Lipinski definition) is 4. The third-order valence-corrected chi connectivity index (χ3v) is 1.10. The highest BCUT2D eigenvalue weighted by atomic mass is 32.1. The van der Waals surface area contributed by atoms with Gasteiger partial charge in [-0.05, 0) is 0 Å². The molecule has 0 heterocycles. The van der Waals surface area contributed by atoms with Gasteiger partial charge < -0.3 is 11.1 Å². The van der Waals surface area contributed by atoms with E-state index in [0.29, 0.717) is 0 Å². The van der Waals surface area contributed by atoms with E-state index in [1.54, 1.807) is 14.1 Å². The predicted molar refractivity (Wildman–Crippen MR) is 51.6 cm³/mol. The molecule has 74 valence electrons. The summed E-state index contributed by atoms with van der Waals surface area (Å²) in [6, 6.07) is 0. The van der Waals surface area contributed by atoms with E-state index in [-0.39, 0.29) is 11.5 Å². The smallest absolute Gasteiger partial charge is 0.323 e. The Morgan fingerprint density at radius 1 is 1.38 bits per heavy atom. The van der Waals surface area contributed by atoms with Crippen LogP contribution in [0.3, 0.4) is 0 Å². The van der Waals surface area contributed by atoms with Gasteiger partial charge in [-0.2, -0.15) is 0 Å². The van der Waals surface area contributed by atoms with Crippen LogP contribution < -0.4 is 16.5 Å². The number of nitrogens with two attached hydrogens (primary N) is 1. The van der Waals surface area contributed by atoms with Crippen molar-refractivity contribution in [2.24, 2.45) is 5.73 Å². The van der Waals surface area contributed by atoms with Crippen LogP contribution in [0, 0.1) is 0 Å². The number of thiocarbonyl (C=S) groups is 1. The molecular formula is C6H12N4O2S. The van der Waals surface area contributed by atoms with Gasteiger partial charge in [-0.15, -0.1) is 0 Å². The van der Waals surface area contributed by atoms with Gasteiger partial charge in [-0.25, -0.2) is 5.01 Å². The Morgan fingerprint density at radius 3 is 2.31 bits per heavy atom. The zero-order valence-corrected chi connectivity index (χ0v) is 8.27. The van der Waals surface area contributed by atoms with Crippen LogP contribution in [-0.2, 0) is 9.59 Å². The maximum atomic E-state index is 10.9. The molecule has 0 aromatic heterocycles. The van der Waals surface area contributed by atoms with Crippen LogP contribution in [0.25, 0.3) is 0 Å². The van der Waals surface area contributed by atoms with Gasteiger partial charge in [0.2, 0.25) is 0 Å². The molecule has 4 N–H and O–H groups in total. The van der Waals surface area contributed by atoms with Gasteiger partial charge in [0.15, 0.2) is 0 Å². The Hall–Kier alpha value is -1.21. The van der Waals surface area contributed by atoms with Crippen molar-refractivity contribution in [1.29, 1.82) is 0 Å². The second-order valence-corrected chi connectivity index (χ2v) is 3.01. The standard InChI is InChI=1S/C6H12N4O2S/c1-10(2)9-6(12)5(11)8-3-4(7)13/h3H2,1-2H3,(H2,7,13)(H,8,11)(H,9,12). The Bertz CT molecular complexity index is 229. The summed E-state index contributed by atoms with van der Waals surface area (Å²) < 4.78 is 0. The van der Waals surface area contributed by atoms with Crippen LogP contribution in [-0.4, -0.2) is 42.5 Å². The highest BCUT2D eigenvalue weighted by Gasteiger charge is 2.12. The minimum atomic E-state index is -0.762. The summed E-state index contributed by atoms with van der Waals surface area (Å²) in [4.78, 5) is 22.0. The van der Waals surface area contributed by atoms with Crippen molar-refractivity contribution in [2.45, 2.75) is 0 Å². The van der Waals surface area contributed by atoms with E-state index in [1.807, 2.05) is 0 Å². The number of carbonyl (C=O) groups is 2. The van der Waals surface area contributed by atoms with Crippen LogP contribution in [0.15, 0.2) is 0 Å². The minimum Gasteiger partial charge on any atom is -0.392 e. The molecule has 0 rings (SSSR count).